The molecule has 0 spiro atoms. The van der Waals surface area contributed by atoms with Crippen LogP contribution in [-0.2, 0) is 9.53 Å². The van der Waals surface area contributed by atoms with Gasteiger partial charge in [0, 0.05) is 17.4 Å². The fraction of sp³-hybridized carbons (Fsp3) is 0.533. The fourth-order valence-electron chi connectivity index (χ4n) is 1.81. The Morgan fingerprint density at radius 3 is 2.50 bits per heavy atom. The van der Waals surface area contributed by atoms with Crippen molar-refractivity contribution < 1.29 is 14.3 Å². The van der Waals surface area contributed by atoms with E-state index in [9.17, 15) is 9.59 Å². The molecule has 1 aromatic heterocycles. The van der Waals surface area contributed by atoms with Crippen LogP contribution in [0.15, 0.2) is 18.3 Å². The number of esters is 1. The second-order valence-electron chi connectivity index (χ2n) is 5.50. The summed E-state index contributed by atoms with van der Waals surface area (Å²) < 4.78 is 4.94. The summed E-state index contributed by atoms with van der Waals surface area (Å²) in [5.74, 6) is -0.617. The number of aryl methyl sites for hydroxylation is 1. The van der Waals surface area contributed by atoms with Crippen LogP contribution in [-0.4, -0.2) is 40.5 Å². The average Bonchev–Trinajstić information content (AvgIpc) is 2.35. The number of pyridine rings is 1. The average molecular weight is 278 g/mol. The molecule has 0 bridgehead atoms. The maximum Gasteiger partial charge on any atom is 0.325 e. The third-order valence-electron chi connectivity index (χ3n) is 2.88. The number of carbonyl (C=O) groups is 2. The lowest BCUT2D eigenvalue weighted by molar-refractivity contribution is -0.144. The minimum Gasteiger partial charge on any atom is -0.465 e. The van der Waals surface area contributed by atoms with E-state index in [4.69, 9.17) is 4.74 Å². The van der Waals surface area contributed by atoms with Crippen LogP contribution >= 0.6 is 0 Å². The van der Waals surface area contributed by atoms with Crippen LogP contribution in [0.4, 0.5) is 0 Å². The van der Waals surface area contributed by atoms with E-state index in [2.05, 4.69) is 4.98 Å². The predicted molar refractivity (Wildman–Crippen MR) is 76.4 cm³/mol. The third kappa shape index (κ3) is 4.05. The summed E-state index contributed by atoms with van der Waals surface area (Å²) in [4.78, 5) is 29.9. The molecule has 0 fully saturated rings. The molecule has 1 heterocycles. The van der Waals surface area contributed by atoms with Crippen molar-refractivity contribution in [2.24, 2.45) is 0 Å². The van der Waals surface area contributed by atoms with Crippen LogP contribution < -0.4 is 0 Å². The lowest BCUT2D eigenvalue weighted by Gasteiger charge is -2.35. The summed E-state index contributed by atoms with van der Waals surface area (Å²) in [6.45, 7) is 9.41. The first-order valence-electron chi connectivity index (χ1n) is 6.66. The van der Waals surface area contributed by atoms with E-state index < -0.39 is 11.5 Å². The summed E-state index contributed by atoms with van der Waals surface area (Å²) >= 11 is 0. The molecule has 0 atom stereocenters. The zero-order valence-corrected chi connectivity index (χ0v) is 12.8. The van der Waals surface area contributed by atoms with Crippen LogP contribution in [0.3, 0.4) is 0 Å². The summed E-state index contributed by atoms with van der Waals surface area (Å²) in [7, 11) is 0. The Kier molecular flexibility index (Phi) is 5.25. The lowest BCUT2D eigenvalue weighted by atomic mass is 10.0. The van der Waals surface area contributed by atoms with Gasteiger partial charge in [-0.1, -0.05) is 0 Å². The van der Waals surface area contributed by atoms with Gasteiger partial charge in [-0.15, -0.1) is 0 Å². The molecule has 1 amide bonds. The van der Waals surface area contributed by atoms with Crippen LogP contribution in [0.1, 0.15) is 43.7 Å². The van der Waals surface area contributed by atoms with Gasteiger partial charge in [-0.2, -0.15) is 0 Å². The van der Waals surface area contributed by atoms with Crippen LogP contribution in [0.25, 0.3) is 0 Å². The number of rotatable bonds is 4. The number of amides is 1. The highest BCUT2D eigenvalue weighted by atomic mass is 16.5. The Hall–Kier alpha value is -1.91. The second-order valence-corrected chi connectivity index (χ2v) is 5.50. The molecular weight excluding hydrogens is 256 g/mol. The topological polar surface area (TPSA) is 59.5 Å². The molecule has 0 N–H and O–H groups in total. The molecule has 110 valence electrons. The molecule has 0 saturated heterocycles. The lowest BCUT2D eigenvalue weighted by Crippen LogP contribution is -2.48. The first-order valence-corrected chi connectivity index (χ1v) is 6.66. The number of ether oxygens (including phenoxy) is 1. The van der Waals surface area contributed by atoms with Gasteiger partial charge in [-0.05, 0) is 46.8 Å². The quantitative estimate of drug-likeness (QED) is 0.792. The maximum atomic E-state index is 12.6. The first-order chi connectivity index (χ1) is 9.27. The van der Waals surface area contributed by atoms with Gasteiger partial charge >= 0.3 is 5.97 Å². The van der Waals surface area contributed by atoms with Gasteiger partial charge in [-0.25, -0.2) is 0 Å². The Morgan fingerprint density at radius 2 is 2.00 bits per heavy atom. The van der Waals surface area contributed by atoms with E-state index in [1.807, 2.05) is 20.8 Å². The van der Waals surface area contributed by atoms with E-state index in [1.165, 1.54) is 4.90 Å². The van der Waals surface area contributed by atoms with Crippen molar-refractivity contribution in [3.63, 3.8) is 0 Å². The Bertz CT molecular complexity index is 492. The Morgan fingerprint density at radius 1 is 1.35 bits per heavy atom. The summed E-state index contributed by atoms with van der Waals surface area (Å²) in [5.41, 5.74) is 0.675. The molecule has 0 aliphatic heterocycles. The van der Waals surface area contributed by atoms with Gasteiger partial charge in [0.1, 0.15) is 6.54 Å². The van der Waals surface area contributed by atoms with Gasteiger partial charge in [0.25, 0.3) is 5.91 Å². The normalized spacial score (nSPS) is 11.1. The molecule has 1 aromatic rings. The summed E-state index contributed by atoms with van der Waals surface area (Å²) in [6.07, 6.45) is 1.64. The largest absolute Gasteiger partial charge is 0.465 e. The summed E-state index contributed by atoms with van der Waals surface area (Å²) in [5, 5.41) is 0. The molecule has 0 aliphatic carbocycles. The van der Waals surface area contributed by atoms with Crippen molar-refractivity contribution in [2.45, 2.75) is 40.2 Å². The van der Waals surface area contributed by atoms with Gasteiger partial charge in [0.05, 0.1) is 12.2 Å². The summed E-state index contributed by atoms with van der Waals surface area (Å²) in [6, 6.07) is 3.43. The molecule has 0 saturated carbocycles. The minimum atomic E-state index is -0.480. The van der Waals surface area contributed by atoms with Crippen molar-refractivity contribution >= 4 is 11.9 Å². The third-order valence-corrected chi connectivity index (χ3v) is 2.88. The van der Waals surface area contributed by atoms with E-state index in [0.717, 1.165) is 0 Å². The van der Waals surface area contributed by atoms with Gasteiger partial charge < -0.3 is 9.64 Å². The van der Waals surface area contributed by atoms with Crippen molar-refractivity contribution in [1.82, 2.24) is 9.88 Å². The molecule has 0 aliphatic rings. The van der Waals surface area contributed by atoms with E-state index in [-0.39, 0.29) is 12.5 Å². The number of carbonyl (C=O) groups excluding carboxylic acids is 2. The standard InChI is InChI=1S/C15H22N2O3/c1-6-20-13(18)10-17(15(3,4)5)14(19)12-8-7-9-16-11(12)2/h7-9H,6,10H2,1-5H3. The zero-order chi connectivity index (χ0) is 15.3. The second kappa shape index (κ2) is 6.50. The van der Waals surface area contributed by atoms with E-state index in [1.54, 1.807) is 32.2 Å². The van der Waals surface area contributed by atoms with Gasteiger partial charge in [0.2, 0.25) is 0 Å². The van der Waals surface area contributed by atoms with E-state index in [0.29, 0.717) is 17.9 Å². The monoisotopic (exact) mass is 278 g/mol. The highest BCUT2D eigenvalue weighted by Crippen LogP contribution is 2.18. The van der Waals surface area contributed by atoms with Crippen molar-refractivity contribution in [1.29, 1.82) is 0 Å². The SMILES string of the molecule is CCOC(=O)CN(C(=O)c1cccnc1C)C(C)(C)C. The van der Waals surface area contributed by atoms with Crippen molar-refractivity contribution in [2.75, 3.05) is 13.2 Å². The highest BCUT2D eigenvalue weighted by Gasteiger charge is 2.30. The van der Waals surface area contributed by atoms with Crippen molar-refractivity contribution in [3.05, 3.63) is 29.6 Å². The molecule has 5 nitrogen and oxygen atoms in total. The Labute approximate surface area is 119 Å². The van der Waals surface area contributed by atoms with Gasteiger partial charge in [0.15, 0.2) is 0 Å². The number of hydrogen-bond acceptors (Lipinski definition) is 4. The molecule has 1 rings (SSSR count). The smallest absolute Gasteiger partial charge is 0.325 e. The number of aromatic nitrogens is 1. The molecular formula is C15H22N2O3. The maximum absolute atomic E-state index is 12.6. The van der Waals surface area contributed by atoms with Crippen LogP contribution in [0.2, 0.25) is 0 Å². The molecule has 0 unspecified atom stereocenters. The molecule has 20 heavy (non-hydrogen) atoms. The predicted octanol–water partition coefficient (Wildman–Crippen LogP) is 2.19. The van der Waals surface area contributed by atoms with Crippen molar-refractivity contribution in [3.8, 4) is 0 Å². The van der Waals surface area contributed by atoms with Crippen LogP contribution in [0, 0.1) is 6.92 Å². The first kappa shape index (κ1) is 16.1. The zero-order valence-electron chi connectivity index (χ0n) is 12.8. The number of nitrogens with zero attached hydrogens (tertiary/aromatic N) is 2. The van der Waals surface area contributed by atoms with Gasteiger partial charge in [-0.3, -0.25) is 14.6 Å². The Balaban J connectivity index is 3.03. The molecule has 5 heteroatoms. The molecule has 0 radical (unpaired) electrons. The van der Waals surface area contributed by atoms with E-state index >= 15 is 0 Å². The molecule has 0 aromatic carbocycles. The van der Waals surface area contributed by atoms with Crippen LogP contribution in [0.5, 0.6) is 0 Å². The highest BCUT2D eigenvalue weighted by molar-refractivity contribution is 5.97. The number of hydrogen-bond donors (Lipinski definition) is 0. The fourth-order valence-corrected chi connectivity index (χ4v) is 1.81. The minimum absolute atomic E-state index is 0.0650.